The van der Waals surface area contributed by atoms with Gasteiger partial charge in [-0.25, -0.2) is 0 Å². The molecule has 0 aromatic heterocycles. The SMILES string of the molecule is C[C@]12CCC(=O)[C@]13CCC1C(=C3CC2)CC=C2CC(=O)CC[C@@]21C. The highest BCUT2D eigenvalue weighted by molar-refractivity contribution is 5.92. The van der Waals surface area contributed by atoms with Gasteiger partial charge in [-0.1, -0.05) is 36.6 Å². The van der Waals surface area contributed by atoms with Crippen molar-refractivity contribution in [3.63, 3.8) is 0 Å². The van der Waals surface area contributed by atoms with Crippen LogP contribution in [0.4, 0.5) is 0 Å². The zero-order chi connectivity index (χ0) is 16.7. The minimum Gasteiger partial charge on any atom is -0.299 e. The molecule has 5 aliphatic carbocycles. The molecule has 0 saturated heterocycles. The van der Waals surface area contributed by atoms with E-state index in [4.69, 9.17) is 0 Å². The van der Waals surface area contributed by atoms with Crippen LogP contribution in [-0.2, 0) is 9.59 Å². The van der Waals surface area contributed by atoms with E-state index in [0.29, 0.717) is 23.9 Å². The third-order valence-electron chi connectivity index (χ3n) is 8.85. The topological polar surface area (TPSA) is 34.1 Å². The van der Waals surface area contributed by atoms with E-state index < -0.39 is 0 Å². The lowest BCUT2D eigenvalue weighted by Gasteiger charge is -2.52. The molecule has 4 atom stereocenters. The van der Waals surface area contributed by atoms with Crippen molar-refractivity contribution in [3.05, 3.63) is 22.8 Å². The molecule has 3 saturated carbocycles. The molecule has 1 spiro atoms. The van der Waals surface area contributed by atoms with Gasteiger partial charge in [-0.3, -0.25) is 9.59 Å². The van der Waals surface area contributed by atoms with E-state index in [9.17, 15) is 9.59 Å². The van der Waals surface area contributed by atoms with Crippen molar-refractivity contribution < 1.29 is 9.59 Å². The Morgan fingerprint density at radius 2 is 1.79 bits per heavy atom. The van der Waals surface area contributed by atoms with Crippen molar-refractivity contribution in [2.45, 2.75) is 78.1 Å². The molecule has 1 unspecified atom stereocenters. The highest BCUT2D eigenvalue weighted by atomic mass is 16.1. The monoisotopic (exact) mass is 324 g/mol. The lowest BCUT2D eigenvalue weighted by molar-refractivity contribution is -0.127. The van der Waals surface area contributed by atoms with E-state index in [-0.39, 0.29) is 16.2 Å². The molecular weight excluding hydrogens is 296 g/mol. The summed E-state index contributed by atoms with van der Waals surface area (Å²) in [6, 6.07) is 0. The molecule has 0 aliphatic heterocycles. The molecule has 0 aromatic rings. The fourth-order valence-electron chi connectivity index (χ4n) is 7.38. The molecule has 2 heteroatoms. The molecule has 0 heterocycles. The van der Waals surface area contributed by atoms with Crippen LogP contribution in [0.2, 0.25) is 0 Å². The van der Waals surface area contributed by atoms with E-state index in [1.165, 1.54) is 12.0 Å². The Morgan fingerprint density at radius 3 is 2.62 bits per heavy atom. The number of hydrogen-bond acceptors (Lipinski definition) is 2. The fraction of sp³-hybridized carbons (Fsp3) is 0.727. The van der Waals surface area contributed by atoms with Crippen LogP contribution in [0.25, 0.3) is 0 Å². The number of ketones is 2. The summed E-state index contributed by atoms with van der Waals surface area (Å²) >= 11 is 0. The van der Waals surface area contributed by atoms with Gasteiger partial charge in [0.2, 0.25) is 0 Å². The Hall–Kier alpha value is -1.18. The smallest absolute Gasteiger partial charge is 0.143 e. The van der Waals surface area contributed by atoms with Gasteiger partial charge in [0.25, 0.3) is 0 Å². The summed E-state index contributed by atoms with van der Waals surface area (Å²) in [5.74, 6) is 1.55. The first-order valence-corrected chi connectivity index (χ1v) is 9.88. The maximum Gasteiger partial charge on any atom is 0.143 e. The summed E-state index contributed by atoms with van der Waals surface area (Å²) in [6.45, 7) is 4.79. The Kier molecular flexibility index (Phi) is 2.84. The van der Waals surface area contributed by atoms with Crippen molar-refractivity contribution >= 4 is 11.6 Å². The quantitative estimate of drug-likeness (QED) is 0.592. The number of rotatable bonds is 0. The van der Waals surface area contributed by atoms with Crippen molar-refractivity contribution in [2.24, 2.45) is 22.2 Å². The van der Waals surface area contributed by atoms with E-state index in [2.05, 4.69) is 19.9 Å². The Balaban J connectivity index is 1.66. The van der Waals surface area contributed by atoms with Crippen LogP contribution in [0.1, 0.15) is 78.1 Å². The van der Waals surface area contributed by atoms with E-state index in [1.54, 1.807) is 11.1 Å². The predicted octanol–water partition coefficient (Wildman–Crippen LogP) is 4.93. The molecule has 5 rings (SSSR count). The highest BCUT2D eigenvalue weighted by Gasteiger charge is 2.65. The van der Waals surface area contributed by atoms with Gasteiger partial charge in [-0.05, 0) is 61.7 Å². The summed E-state index contributed by atoms with van der Waals surface area (Å²) in [5, 5.41) is 0. The number of allylic oxidation sites excluding steroid dienone is 4. The number of fused-ring (bicyclic) bond motifs is 3. The molecule has 0 radical (unpaired) electrons. The summed E-state index contributed by atoms with van der Waals surface area (Å²) in [4.78, 5) is 24.9. The van der Waals surface area contributed by atoms with Crippen molar-refractivity contribution in [1.29, 1.82) is 0 Å². The van der Waals surface area contributed by atoms with Crippen LogP contribution in [0, 0.1) is 22.2 Å². The van der Waals surface area contributed by atoms with E-state index >= 15 is 0 Å². The van der Waals surface area contributed by atoms with Crippen molar-refractivity contribution in [1.82, 2.24) is 0 Å². The first kappa shape index (κ1) is 15.1. The largest absolute Gasteiger partial charge is 0.299 e. The second kappa shape index (κ2) is 4.51. The standard InChI is InChI=1S/C22H28O2/c1-20-9-6-18-16-4-3-14-13-15(23)5-11-21(14,2)17(16)7-12-22(18,20)19(24)8-10-20/h3,17H,4-13H2,1-2H3/t17?,20-,21-,22+/m0/s1. The average molecular weight is 324 g/mol. The lowest BCUT2D eigenvalue weighted by Crippen LogP contribution is -2.46. The van der Waals surface area contributed by atoms with Crippen molar-refractivity contribution in [3.8, 4) is 0 Å². The molecule has 0 aromatic carbocycles. The Morgan fingerprint density at radius 1 is 1.00 bits per heavy atom. The molecule has 0 N–H and O–H groups in total. The molecule has 24 heavy (non-hydrogen) atoms. The zero-order valence-electron chi connectivity index (χ0n) is 15.0. The van der Waals surface area contributed by atoms with Gasteiger partial charge in [-0.15, -0.1) is 0 Å². The Labute approximate surface area is 144 Å². The summed E-state index contributed by atoms with van der Waals surface area (Å²) < 4.78 is 0. The van der Waals surface area contributed by atoms with Crippen LogP contribution in [-0.4, -0.2) is 11.6 Å². The minimum absolute atomic E-state index is 0.106. The van der Waals surface area contributed by atoms with E-state index in [0.717, 1.165) is 51.4 Å². The Bertz CT molecular complexity index is 726. The second-order valence-corrected chi connectivity index (χ2v) is 9.55. The fourth-order valence-corrected chi connectivity index (χ4v) is 7.38. The maximum absolute atomic E-state index is 13.0. The first-order chi connectivity index (χ1) is 11.4. The molecule has 5 aliphatic rings. The first-order valence-electron chi connectivity index (χ1n) is 9.88. The maximum atomic E-state index is 13.0. The number of carbonyl (C=O) groups is 2. The lowest BCUT2D eigenvalue weighted by atomic mass is 9.51. The molecule has 0 bridgehead atoms. The molecular formula is C22H28O2. The summed E-state index contributed by atoms with van der Waals surface area (Å²) in [7, 11) is 0. The third kappa shape index (κ3) is 1.54. The van der Waals surface area contributed by atoms with Gasteiger partial charge in [0.05, 0.1) is 5.41 Å². The van der Waals surface area contributed by atoms with Gasteiger partial charge in [0.1, 0.15) is 11.6 Å². The van der Waals surface area contributed by atoms with Crippen LogP contribution < -0.4 is 0 Å². The normalized spacial score (nSPS) is 47.1. The summed E-state index contributed by atoms with van der Waals surface area (Å²) in [6.07, 6.45) is 12.3. The van der Waals surface area contributed by atoms with Crippen molar-refractivity contribution in [2.75, 3.05) is 0 Å². The van der Waals surface area contributed by atoms with Gasteiger partial charge in [0.15, 0.2) is 0 Å². The average Bonchev–Trinajstić information content (AvgIpc) is 2.99. The van der Waals surface area contributed by atoms with Gasteiger partial charge in [-0.2, -0.15) is 0 Å². The third-order valence-corrected chi connectivity index (χ3v) is 8.85. The van der Waals surface area contributed by atoms with Crippen LogP contribution in [0.3, 0.4) is 0 Å². The van der Waals surface area contributed by atoms with Gasteiger partial charge >= 0.3 is 0 Å². The summed E-state index contributed by atoms with van der Waals surface area (Å²) in [5.41, 5.74) is 4.87. The number of hydrogen-bond donors (Lipinski definition) is 0. The van der Waals surface area contributed by atoms with Gasteiger partial charge in [0, 0.05) is 19.3 Å². The molecule has 2 nitrogen and oxygen atoms in total. The highest BCUT2D eigenvalue weighted by Crippen LogP contribution is 2.71. The predicted molar refractivity (Wildman–Crippen MR) is 93.4 cm³/mol. The number of Topliss-reactive ketones (excluding diaryl/α,β-unsaturated/α-hetero) is 2. The van der Waals surface area contributed by atoms with E-state index in [1.807, 2.05) is 0 Å². The number of carbonyl (C=O) groups excluding carboxylic acids is 2. The molecule has 0 amide bonds. The molecule has 3 fully saturated rings. The van der Waals surface area contributed by atoms with Crippen LogP contribution in [0.5, 0.6) is 0 Å². The van der Waals surface area contributed by atoms with Crippen LogP contribution >= 0.6 is 0 Å². The van der Waals surface area contributed by atoms with Crippen LogP contribution in [0.15, 0.2) is 22.8 Å². The second-order valence-electron chi connectivity index (χ2n) is 9.55. The zero-order valence-corrected chi connectivity index (χ0v) is 15.0. The minimum atomic E-state index is -0.106. The molecule has 128 valence electrons. The van der Waals surface area contributed by atoms with Gasteiger partial charge < -0.3 is 0 Å².